The highest BCUT2D eigenvalue weighted by Gasteiger charge is 2.15. The minimum absolute atomic E-state index is 0. The van der Waals surface area contributed by atoms with Gasteiger partial charge in [0.1, 0.15) is 12.3 Å². The predicted octanol–water partition coefficient (Wildman–Crippen LogP) is 3.01. The van der Waals surface area contributed by atoms with E-state index in [0.29, 0.717) is 24.8 Å². The lowest BCUT2D eigenvalue weighted by Gasteiger charge is -2.10. The zero-order chi connectivity index (χ0) is 18.2. The van der Waals surface area contributed by atoms with Gasteiger partial charge in [-0.3, -0.25) is 4.79 Å². The molecular weight excluding hydrogens is 464 g/mol. The minimum atomic E-state index is -1.64. The number of rotatable bonds is 6. The van der Waals surface area contributed by atoms with Crippen LogP contribution in [0.25, 0.3) is 0 Å². The fraction of sp³-hybridized carbons (Fsp3) is 0.250. The number of benzene rings is 1. The van der Waals surface area contributed by atoms with Crippen molar-refractivity contribution in [3.05, 3.63) is 53.7 Å². The summed E-state index contributed by atoms with van der Waals surface area (Å²) in [6.07, 6.45) is 1.53. The van der Waals surface area contributed by atoms with E-state index in [1.165, 1.54) is 6.26 Å². The summed E-state index contributed by atoms with van der Waals surface area (Å²) >= 11 is 0. The monoisotopic (exact) mass is 482 g/mol. The van der Waals surface area contributed by atoms with E-state index in [4.69, 9.17) is 4.42 Å². The molecule has 10 heteroatoms. The first-order valence-corrected chi connectivity index (χ1v) is 7.49. The summed E-state index contributed by atoms with van der Waals surface area (Å²) in [5, 5.41) is 8.02. The average molecular weight is 482 g/mol. The van der Waals surface area contributed by atoms with Crippen molar-refractivity contribution in [1.29, 1.82) is 0 Å². The maximum absolute atomic E-state index is 13.5. The van der Waals surface area contributed by atoms with E-state index < -0.39 is 29.0 Å². The van der Waals surface area contributed by atoms with Crippen molar-refractivity contribution >= 4 is 41.5 Å². The molecule has 0 unspecified atom stereocenters. The molecule has 0 bridgehead atoms. The van der Waals surface area contributed by atoms with Gasteiger partial charge in [-0.05, 0) is 31.2 Å². The van der Waals surface area contributed by atoms with Gasteiger partial charge in [-0.2, -0.15) is 0 Å². The fourth-order valence-corrected chi connectivity index (χ4v) is 1.89. The van der Waals surface area contributed by atoms with Gasteiger partial charge in [-0.1, -0.05) is 0 Å². The van der Waals surface area contributed by atoms with Crippen molar-refractivity contribution in [2.75, 3.05) is 18.4 Å². The Morgan fingerprint density at radius 1 is 1.15 bits per heavy atom. The lowest BCUT2D eigenvalue weighted by molar-refractivity contribution is -0.114. The van der Waals surface area contributed by atoms with Crippen LogP contribution in [0.1, 0.15) is 12.7 Å². The fourth-order valence-electron chi connectivity index (χ4n) is 1.89. The highest BCUT2D eigenvalue weighted by molar-refractivity contribution is 14.0. The van der Waals surface area contributed by atoms with Crippen molar-refractivity contribution in [3.8, 4) is 0 Å². The maximum Gasteiger partial charge on any atom is 0.246 e. The Balaban J connectivity index is 0.00000338. The molecule has 0 saturated carbocycles. The third-order valence-electron chi connectivity index (χ3n) is 3.04. The van der Waals surface area contributed by atoms with Gasteiger partial charge in [0.25, 0.3) is 0 Å². The second-order valence-corrected chi connectivity index (χ2v) is 4.90. The van der Waals surface area contributed by atoms with E-state index in [0.717, 1.165) is 12.1 Å². The molecule has 1 amide bonds. The summed E-state index contributed by atoms with van der Waals surface area (Å²) in [6, 6.07) is 5.18. The summed E-state index contributed by atoms with van der Waals surface area (Å²) in [5.74, 6) is -4.08. The summed E-state index contributed by atoms with van der Waals surface area (Å²) < 4.78 is 44.7. The van der Waals surface area contributed by atoms with Gasteiger partial charge in [0.15, 0.2) is 23.4 Å². The number of nitrogens with zero attached hydrogens (tertiary/aromatic N) is 1. The molecule has 1 aromatic heterocycles. The number of furan rings is 1. The highest BCUT2D eigenvalue weighted by atomic mass is 127. The van der Waals surface area contributed by atoms with E-state index in [9.17, 15) is 18.0 Å². The molecule has 0 aliphatic heterocycles. The smallest absolute Gasteiger partial charge is 0.246 e. The summed E-state index contributed by atoms with van der Waals surface area (Å²) in [5.41, 5.74) is -0.451. The molecule has 0 spiro atoms. The van der Waals surface area contributed by atoms with Gasteiger partial charge in [-0.15, -0.1) is 24.0 Å². The molecule has 142 valence electrons. The van der Waals surface area contributed by atoms with Crippen LogP contribution in [0.4, 0.5) is 18.9 Å². The lowest BCUT2D eigenvalue weighted by atomic mass is 10.3. The van der Waals surface area contributed by atoms with Gasteiger partial charge >= 0.3 is 0 Å². The first-order valence-electron chi connectivity index (χ1n) is 7.49. The largest absolute Gasteiger partial charge is 0.467 e. The molecule has 3 N–H and O–H groups in total. The van der Waals surface area contributed by atoms with Gasteiger partial charge in [-0.25, -0.2) is 18.2 Å². The second kappa shape index (κ2) is 10.7. The zero-order valence-electron chi connectivity index (χ0n) is 13.8. The summed E-state index contributed by atoms with van der Waals surface area (Å²) in [7, 11) is 0. The number of guanidine groups is 1. The predicted molar refractivity (Wildman–Crippen MR) is 102 cm³/mol. The molecule has 1 heterocycles. The Morgan fingerprint density at radius 3 is 2.58 bits per heavy atom. The van der Waals surface area contributed by atoms with Crippen molar-refractivity contribution in [1.82, 2.24) is 10.6 Å². The van der Waals surface area contributed by atoms with Crippen LogP contribution in [0.3, 0.4) is 0 Å². The van der Waals surface area contributed by atoms with Crippen molar-refractivity contribution in [3.63, 3.8) is 0 Å². The molecule has 0 atom stereocenters. The summed E-state index contributed by atoms with van der Waals surface area (Å²) in [6.45, 7) is 2.43. The Hall–Kier alpha value is -2.24. The van der Waals surface area contributed by atoms with Crippen molar-refractivity contribution in [2.24, 2.45) is 4.99 Å². The molecule has 26 heavy (non-hydrogen) atoms. The highest BCUT2D eigenvalue weighted by Crippen LogP contribution is 2.19. The Bertz CT molecular complexity index is 754. The number of hydrogen-bond acceptors (Lipinski definition) is 3. The van der Waals surface area contributed by atoms with Gasteiger partial charge in [0.05, 0.1) is 18.5 Å². The number of anilines is 1. The van der Waals surface area contributed by atoms with E-state index in [-0.39, 0.29) is 30.5 Å². The number of carbonyl (C=O) groups is 1. The normalized spacial score (nSPS) is 10.8. The first kappa shape index (κ1) is 21.8. The topological polar surface area (TPSA) is 78.7 Å². The van der Waals surface area contributed by atoms with E-state index in [2.05, 4.69) is 20.9 Å². The van der Waals surface area contributed by atoms with Crippen molar-refractivity contribution < 1.29 is 22.4 Å². The molecular formula is C16H18F3IN4O2. The third-order valence-corrected chi connectivity index (χ3v) is 3.04. The maximum atomic E-state index is 13.5. The van der Waals surface area contributed by atoms with Crippen LogP contribution in [0.2, 0.25) is 0 Å². The third kappa shape index (κ3) is 6.24. The second-order valence-electron chi connectivity index (χ2n) is 4.90. The Morgan fingerprint density at radius 2 is 1.92 bits per heavy atom. The van der Waals surface area contributed by atoms with Crippen LogP contribution < -0.4 is 16.0 Å². The Labute approximate surface area is 165 Å². The molecule has 2 aromatic rings. The molecule has 0 aliphatic rings. The van der Waals surface area contributed by atoms with Crippen LogP contribution in [0.15, 0.2) is 39.9 Å². The Kier molecular flexibility index (Phi) is 8.96. The number of hydrogen-bond donors (Lipinski definition) is 3. The molecule has 2 rings (SSSR count). The number of aliphatic imine (C=N–C) groups is 1. The molecule has 1 aromatic carbocycles. The van der Waals surface area contributed by atoms with E-state index in [1.807, 2.05) is 6.92 Å². The minimum Gasteiger partial charge on any atom is -0.467 e. The lowest BCUT2D eigenvalue weighted by Crippen LogP contribution is -2.37. The van der Waals surface area contributed by atoms with Gasteiger partial charge < -0.3 is 20.4 Å². The van der Waals surface area contributed by atoms with Crippen LogP contribution in [-0.4, -0.2) is 25.0 Å². The molecule has 0 fully saturated rings. The van der Waals surface area contributed by atoms with Gasteiger partial charge in [0.2, 0.25) is 5.91 Å². The van der Waals surface area contributed by atoms with Crippen LogP contribution >= 0.6 is 24.0 Å². The van der Waals surface area contributed by atoms with E-state index in [1.54, 1.807) is 12.1 Å². The molecule has 0 aliphatic carbocycles. The zero-order valence-corrected chi connectivity index (χ0v) is 16.1. The van der Waals surface area contributed by atoms with Crippen molar-refractivity contribution in [2.45, 2.75) is 13.5 Å². The average Bonchev–Trinajstić information content (AvgIpc) is 3.11. The number of nitrogens with one attached hydrogen (secondary N) is 3. The molecule has 6 nitrogen and oxygen atoms in total. The standard InChI is InChI=1S/C16H17F3N4O2.HI/c1-2-20-16(21-8-10-4-3-7-25-10)22-9-13(24)23-12-6-5-11(17)14(18)15(12)19;/h3-7H,2,8-9H2,1H3,(H,23,24)(H2,20,21,22);1H. The SMILES string of the molecule is CCNC(=NCC(=O)Nc1ccc(F)c(F)c1F)NCc1ccco1.I. The van der Waals surface area contributed by atoms with Crippen LogP contribution in [0.5, 0.6) is 0 Å². The van der Waals surface area contributed by atoms with Gasteiger partial charge in [0, 0.05) is 6.54 Å². The molecule has 0 radical (unpaired) electrons. The summed E-state index contributed by atoms with van der Waals surface area (Å²) in [4.78, 5) is 15.9. The van der Waals surface area contributed by atoms with E-state index >= 15 is 0 Å². The van der Waals surface area contributed by atoms with Crippen LogP contribution in [-0.2, 0) is 11.3 Å². The number of amides is 1. The molecule has 0 saturated heterocycles. The van der Waals surface area contributed by atoms with Crippen LogP contribution in [0, 0.1) is 17.5 Å². The number of halogens is 4. The number of carbonyl (C=O) groups excluding carboxylic acids is 1. The quantitative estimate of drug-likeness (QED) is 0.256. The first-order chi connectivity index (χ1) is 12.0.